The number of nitrogens with zero attached hydrogens (tertiary/aromatic N) is 1. The molecule has 8 heteroatoms. The summed E-state index contributed by atoms with van der Waals surface area (Å²) in [6, 6.07) is 0. The van der Waals surface area contributed by atoms with Crippen molar-refractivity contribution in [2.45, 2.75) is 31.5 Å². The van der Waals surface area contributed by atoms with Crippen molar-refractivity contribution in [2.75, 3.05) is 33.4 Å². The average Bonchev–Trinajstić information content (AvgIpc) is 2.81. The molecule has 114 valence electrons. The molecule has 2 atom stereocenters. The van der Waals surface area contributed by atoms with E-state index < -0.39 is 25.0 Å². The molecule has 1 rings (SSSR count). The summed E-state index contributed by atoms with van der Waals surface area (Å²) in [7, 11) is 1.46. The SMILES string of the molecule is COCCN(CC(F)F)C(=O)[C@@H]1CC[C@H](CN)O1.Cl. The van der Waals surface area contributed by atoms with Gasteiger partial charge in [0.05, 0.1) is 19.3 Å². The van der Waals surface area contributed by atoms with E-state index in [1.165, 1.54) is 7.11 Å². The summed E-state index contributed by atoms with van der Waals surface area (Å²) in [4.78, 5) is 13.1. The maximum Gasteiger partial charge on any atom is 0.255 e. The average molecular weight is 303 g/mol. The summed E-state index contributed by atoms with van der Waals surface area (Å²) in [6.07, 6.45) is -2.12. The second kappa shape index (κ2) is 9.41. The van der Waals surface area contributed by atoms with Crippen molar-refractivity contribution in [3.8, 4) is 0 Å². The normalized spacial score (nSPS) is 22.4. The molecule has 1 saturated heterocycles. The topological polar surface area (TPSA) is 64.8 Å². The van der Waals surface area contributed by atoms with Crippen molar-refractivity contribution in [3.05, 3.63) is 0 Å². The molecule has 0 aliphatic carbocycles. The van der Waals surface area contributed by atoms with Gasteiger partial charge in [0, 0.05) is 20.2 Å². The zero-order valence-corrected chi connectivity index (χ0v) is 11.7. The number of carbonyl (C=O) groups is 1. The predicted octanol–water partition coefficient (Wildman–Crippen LogP) is 0.655. The van der Waals surface area contributed by atoms with E-state index >= 15 is 0 Å². The highest BCUT2D eigenvalue weighted by molar-refractivity contribution is 5.85. The van der Waals surface area contributed by atoms with Gasteiger partial charge < -0.3 is 20.1 Å². The van der Waals surface area contributed by atoms with Gasteiger partial charge in [-0.3, -0.25) is 4.79 Å². The van der Waals surface area contributed by atoms with E-state index in [-0.39, 0.29) is 31.7 Å². The minimum atomic E-state index is -2.56. The Morgan fingerprint density at radius 1 is 1.53 bits per heavy atom. The van der Waals surface area contributed by atoms with Crippen molar-refractivity contribution in [3.63, 3.8) is 0 Å². The molecule has 19 heavy (non-hydrogen) atoms. The Kier molecular flexibility index (Phi) is 9.16. The molecule has 0 unspecified atom stereocenters. The van der Waals surface area contributed by atoms with Crippen LogP contribution in [-0.4, -0.2) is 62.8 Å². The number of carbonyl (C=O) groups excluding carboxylic acids is 1. The molecule has 0 aromatic rings. The summed E-state index contributed by atoms with van der Waals surface area (Å²) < 4.78 is 35.0. The van der Waals surface area contributed by atoms with E-state index in [4.69, 9.17) is 15.2 Å². The first kappa shape index (κ1) is 18.5. The molecule has 1 amide bonds. The van der Waals surface area contributed by atoms with Gasteiger partial charge in [-0.25, -0.2) is 8.78 Å². The monoisotopic (exact) mass is 302 g/mol. The standard InChI is InChI=1S/C11H20F2N2O3.ClH/c1-17-5-4-15(7-10(12)13)11(16)9-3-2-8(6-14)18-9;/h8-10H,2-7,14H2,1H3;1H/t8-,9+;/m1./s1. The third kappa shape index (κ3) is 5.99. The first-order chi connectivity index (χ1) is 8.58. The quantitative estimate of drug-likeness (QED) is 0.750. The van der Waals surface area contributed by atoms with Crippen LogP contribution in [-0.2, 0) is 14.3 Å². The minimum absolute atomic E-state index is 0. The van der Waals surface area contributed by atoms with E-state index in [1.54, 1.807) is 0 Å². The van der Waals surface area contributed by atoms with Crippen LogP contribution in [0, 0.1) is 0 Å². The van der Waals surface area contributed by atoms with Crippen LogP contribution >= 0.6 is 12.4 Å². The Morgan fingerprint density at radius 2 is 2.21 bits per heavy atom. The number of hydrogen-bond acceptors (Lipinski definition) is 4. The first-order valence-electron chi connectivity index (χ1n) is 5.99. The third-order valence-electron chi connectivity index (χ3n) is 2.88. The Hall–Kier alpha value is -0.500. The van der Waals surface area contributed by atoms with Gasteiger partial charge in [0.25, 0.3) is 12.3 Å². The van der Waals surface area contributed by atoms with E-state index in [1.807, 2.05) is 0 Å². The van der Waals surface area contributed by atoms with Gasteiger partial charge >= 0.3 is 0 Å². The van der Waals surface area contributed by atoms with Gasteiger partial charge in [0.15, 0.2) is 0 Å². The molecule has 0 saturated carbocycles. The molecule has 0 aromatic heterocycles. The highest BCUT2D eigenvalue weighted by Crippen LogP contribution is 2.21. The highest BCUT2D eigenvalue weighted by atomic mass is 35.5. The first-order valence-corrected chi connectivity index (χ1v) is 5.99. The number of amides is 1. The molecule has 0 spiro atoms. The van der Waals surface area contributed by atoms with E-state index in [9.17, 15) is 13.6 Å². The van der Waals surface area contributed by atoms with Crippen LogP contribution in [0.3, 0.4) is 0 Å². The van der Waals surface area contributed by atoms with E-state index in [0.717, 1.165) is 4.90 Å². The largest absolute Gasteiger partial charge is 0.383 e. The Labute approximate surface area is 117 Å². The fourth-order valence-corrected chi connectivity index (χ4v) is 1.92. The van der Waals surface area contributed by atoms with Crippen molar-refractivity contribution >= 4 is 18.3 Å². The van der Waals surface area contributed by atoms with Crippen LogP contribution < -0.4 is 5.73 Å². The zero-order chi connectivity index (χ0) is 13.5. The molecule has 2 N–H and O–H groups in total. The van der Waals surface area contributed by atoms with Gasteiger partial charge in [0.2, 0.25) is 0 Å². The van der Waals surface area contributed by atoms with Crippen LogP contribution in [0.1, 0.15) is 12.8 Å². The lowest BCUT2D eigenvalue weighted by Gasteiger charge is -2.25. The van der Waals surface area contributed by atoms with E-state index in [2.05, 4.69) is 0 Å². The Morgan fingerprint density at radius 3 is 2.68 bits per heavy atom. The summed E-state index contributed by atoms with van der Waals surface area (Å²) in [5, 5.41) is 0. The minimum Gasteiger partial charge on any atom is -0.383 e. The zero-order valence-electron chi connectivity index (χ0n) is 10.9. The van der Waals surface area contributed by atoms with Crippen molar-refractivity contribution in [2.24, 2.45) is 5.73 Å². The number of methoxy groups -OCH3 is 1. The Bertz CT molecular complexity index is 272. The fraction of sp³-hybridized carbons (Fsp3) is 0.909. The van der Waals surface area contributed by atoms with Crippen molar-refractivity contribution < 1.29 is 23.0 Å². The van der Waals surface area contributed by atoms with Gasteiger partial charge in [-0.05, 0) is 12.8 Å². The van der Waals surface area contributed by atoms with Crippen LogP contribution in [0.2, 0.25) is 0 Å². The molecular formula is C11H21ClF2N2O3. The fourth-order valence-electron chi connectivity index (χ4n) is 1.92. The third-order valence-corrected chi connectivity index (χ3v) is 2.88. The number of nitrogens with two attached hydrogens (primary N) is 1. The second-order valence-electron chi connectivity index (χ2n) is 4.23. The summed E-state index contributed by atoms with van der Waals surface area (Å²) in [5.74, 6) is -0.400. The second-order valence-corrected chi connectivity index (χ2v) is 4.23. The predicted molar refractivity (Wildman–Crippen MR) is 68.7 cm³/mol. The highest BCUT2D eigenvalue weighted by Gasteiger charge is 2.33. The molecule has 0 radical (unpaired) electrons. The van der Waals surface area contributed by atoms with Crippen LogP contribution in [0.5, 0.6) is 0 Å². The molecular weight excluding hydrogens is 282 g/mol. The van der Waals surface area contributed by atoms with Crippen LogP contribution in [0.15, 0.2) is 0 Å². The lowest BCUT2D eigenvalue weighted by Crippen LogP contribution is -2.43. The van der Waals surface area contributed by atoms with Gasteiger partial charge in [-0.15, -0.1) is 12.4 Å². The number of halogens is 3. The smallest absolute Gasteiger partial charge is 0.255 e. The lowest BCUT2D eigenvalue weighted by molar-refractivity contribution is -0.145. The van der Waals surface area contributed by atoms with Crippen molar-refractivity contribution in [1.82, 2.24) is 4.90 Å². The number of hydrogen-bond donors (Lipinski definition) is 1. The molecule has 0 aromatic carbocycles. The van der Waals surface area contributed by atoms with Gasteiger partial charge in [-0.2, -0.15) is 0 Å². The van der Waals surface area contributed by atoms with Crippen molar-refractivity contribution in [1.29, 1.82) is 0 Å². The summed E-state index contributed by atoms with van der Waals surface area (Å²) in [5.41, 5.74) is 5.44. The Balaban J connectivity index is 0.00000324. The van der Waals surface area contributed by atoms with Gasteiger partial charge in [-0.1, -0.05) is 0 Å². The maximum atomic E-state index is 12.4. The van der Waals surface area contributed by atoms with Crippen LogP contribution in [0.4, 0.5) is 8.78 Å². The molecule has 1 heterocycles. The molecule has 1 fully saturated rings. The maximum absolute atomic E-state index is 12.4. The molecule has 1 aliphatic rings. The number of rotatable bonds is 7. The number of ether oxygens (including phenoxy) is 2. The molecule has 1 aliphatic heterocycles. The summed E-state index contributed by atoms with van der Waals surface area (Å²) in [6.45, 7) is 0.129. The molecule has 0 bridgehead atoms. The number of alkyl halides is 2. The molecule has 5 nitrogen and oxygen atoms in total. The lowest BCUT2D eigenvalue weighted by atomic mass is 10.2. The summed E-state index contributed by atoms with van der Waals surface area (Å²) >= 11 is 0. The van der Waals surface area contributed by atoms with Crippen LogP contribution in [0.25, 0.3) is 0 Å². The van der Waals surface area contributed by atoms with E-state index in [0.29, 0.717) is 19.4 Å². The van der Waals surface area contributed by atoms with Gasteiger partial charge in [0.1, 0.15) is 6.10 Å².